The summed E-state index contributed by atoms with van der Waals surface area (Å²) < 4.78 is 23.3. The molecule has 2 amide bonds. The Kier molecular flexibility index (Phi) is 7.43. The molecule has 3 aromatic carbocycles. The van der Waals surface area contributed by atoms with Crippen molar-refractivity contribution in [1.82, 2.24) is 15.3 Å². The Morgan fingerprint density at radius 1 is 0.850 bits per heavy atom. The molecule has 10 nitrogen and oxygen atoms in total. The van der Waals surface area contributed by atoms with Crippen LogP contribution in [-0.4, -0.2) is 60.6 Å². The number of urea groups is 1. The Balaban J connectivity index is 1.03. The van der Waals surface area contributed by atoms with Crippen LogP contribution < -0.4 is 25.4 Å². The number of hydrogen-bond donors (Lipinski definition) is 3. The lowest BCUT2D eigenvalue weighted by molar-refractivity contribution is 0.0683. The molecule has 3 N–H and O–H groups in total. The van der Waals surface area contributed by atoms with E-state index in [1.165, 1.54) is 0 Å². The lowest BCUT2D eigenvalue weighted by atomic mass is 10.1. The minimum atomic E-state index is -0.334. The third kappa shape index (κ3) is 5.68. The zero-order valence-electron chi connectivity index (χ0n) is 21.8. The van der Waals surface area contributed by atoms with Crippen LogP contribution in [-0.2, 0) is 9.47 Å². The molecule has 204 valence electrons. The Hall–Kier alpha value is -4.67. The summed E-state index contributed by atoms with van der Waals surface area (Å²) in [7, 11) is 1.63. The quantitative estimate of drug-likeness (QED) is 0.295. The lowest BCUT2D eigenvalue weighted by Gasteiger charge is -2.19. The van der Waals surface area contributed by atoms with E-state index in [1.54, 1.807) is 37.6 Å². The molecule has 0 spiro atoms. The first-order valence-corrected chi connectivity index (χ1v) is 13.0. The maximum Gasteiger partial charge on any atom is 0.319 e. The first-order chi connectivity index (χ1) is 19.7. The van der Waals surface area contributed by atoms with Gasteiger partial charge in [0.25, 0.3) is 0 Å². The topological polar surface area (TPSA) is 116 Å². The molecule has 0 unspecified atom stereocenters. The number of fused-ring (bicyclic) bond motifs is 1. The Morgan fingerprint density at radius 3 is 2.35 bits per heavy atom. The number of carbonyl (C=O) groups excluding carboxylic acids is 1. The average molecular weight is 540 g/mol. The number of ether oxygens (including phenoxy) is 4. The van der Waals surface area contributed by atoms with E-state index in [1.807, 2.05) is 60.7 Å². The molecule has 3 heterocycles. The van der Waals surface area contributed by atoms with Crippen molar-refractivity contribution < 1.29 is 23.7 Å². The van der Waals surface area contributed by atoms with Crippen molar-refractivity contribution in [2.45, 2.75) is 24.3 Å². The summed E-state index contributed by atoms with van der Waals surface area (Å²) in [5.41, 5.74) is 2.27. The maximum atomic E-state index is 12.7. The number of benzene rings is 3. The van der Waals surface area contributed by atoms with Crippen molar-refractivity contribution in [3.8, 4) is 28.5 Å². The second-order valence-corrected chi connectivity index (χ2v) is 9.46. The molecule has 6 rings (SSSR count). The highest BCUT2D eigenvalue weighted by atomic mass is 16.6. The number of hydrogen-bond acceptors (Lipinski definition) is 8. The van der Waals surface area contributed by atoms with E-state index in [9.17, 15) is 4.79 Å². The molecule has 0 radical (unpaired) electrons. The fourth-order valence-corrected chi connectivity index (χ4v) is 4.91. The van der Waals surface area contributed by atoms with Gasteiger partial charge in [-0.05, 0) is 54.6 Å². The van der Waals surface area contributed by atoms with Crippen LogP contribution in [0, 0.1) is 0 Å². The zero-order valence-corrected chi connectivity index (χ0v) is 21.8. The smallest absolute Gasteiger partial charge is 0.319 e. The summed E-state index contributed by atoms with van der Waals surface area (Å²) in [6.45, 7) is 0.743. The number of aromatic nitrogens is 2. The summed E-state index contributed by atoms with van der Waals surface area (Å²) in [6.07, 6.45) is 1.16. The van der Waals surface area contributed by atoms with Crippen molar-refractivity contribution in [3.05, 3.63) is 91.1 Å². The van der Waals surface area contributed by atoms with Crippen LogP contribution in [0.1, 0.15) is 0 Å². The van der Waals surface area contributed by atoms with Gasteiger partial charge in [0.05, 0.1) is 38.1 Å². The SMILES string of the molecule is COc1ccccc1-c1ccnc(N[C@H]2CO[C@H]3[C@@H]2OC[C@@H]3NC(=O)Nc2ccc(Oc3ccccc3)cc2)n1. The Bertz CT molecular complexity index is 1450. The molecule has 2 aliphatic rings. The minimum Gasteiger partial charge on any atom is -0.496 e. The van der Waals surface area contributed by atoms with Crippen LogP contribution in [0.2, 0.25) is 0 Å². The van der Waals surface area contributed by atoms with Gasteiger partial charge in [-0.3, -0.25) is 0 Å². The molecular formula is C30H29N5O5. The van der Waals surface area contributed by atoms with E-state index in [4.69, 9.17) is 18.9 Å². The minimum absolute atomic E-state index is 0.162. The van der Waals surface area contributed by atoms with Crippen LogP contribution in [0.5, 0.6) is 17.2 Å². The summed E-state index contributed by atoms with van der Waals surface area (Å²) in [4.78, 5) is 21.8. The number of nitrogens with zero attached hydrogens (tertiary/aromatic N) is 2. The molecule has 4 atom stereocenters. The predicted octanol–water partition coefficient (Wildman–Crippen LogP) is 4.71. The van der Waals surface area contributed by atoms with Crippen LogP contribution in [0.25, 0.3) is 11.3 Å². The Labute approximate surface area is 231 Å². The normalized spacial score (nSPS) is 21.3. The maximum absolute atomic E-state index is 12.7. The molecule has 0 aliphatic carbocycles. The number of methoxy groups -OCH3 is 1. The molecule has 2 fully saturated rings. The molecule has 10 heteroatoms. The number of anilines is 2. The second-order valence-electron chi connectivity index (χ2n) is 9.46. The standard InChI is InChI=1S/C30H29N5O5/c1-37-26-10-6-5-9-22(26)23-15-16-31-29(33-23)34-24-17-38-28-25(18-39-27(24)28)35-30(36)32-19-11-13-21(14-12-19)40-20-7-3-2-4-8-20/h2-16,24-25,27-28H,17-18H2,1H3,(H,31,33,34)(H2,32,35,36)/t24-,25-,27+,28+/m0/s1. The highest BCUT2D eigenvalue weighted by Gasteiger charge is 2.48. The van der Waals surface area contributed by atoms with Gasteiger partial charge in [0, 0.05) is 17.4 Å². The van der Waals surface area contributed by atoms with Gasteiger partial charge in [0.2, 0.25) is 5.95 Å². The van der Waals surface area contributed by atoms with Gasteiger partial charge in [-0.2, -0.15) is 0 Å². The number of nitrogens with one attached hydrogen (secondary N) is 3. The highest BCUT2D eigenvalue weighted by Crippen LogP contribution is 2.31. The van der Waals surface area contributed by atoms with Crippen LogP contribution in [0.15, 0.2) is 91.1 Å². The van der Waals surface area contributed by atoms with E-state index in [0.717, 1.165) is 22.8 Å². The zero-order chi connectivity index (χ0) is 27.3. The molecule has 4 aromatic rings. The molecule has 2 saturated heterocycles. The summed E-state index contributed by atoms with van der Waals surface area (Å²) in [5.74, 6) is 2.63. The molecule has 0 bridgehead atoms. The first kappa shape index (κ1) is 25.6. The Morgan fingerprint density at radius 2 is 1.55 bits per heavy atom. The van der Waals surface area contributed by atoms with E-state index in [2.05, 4.69) is 25.9 Å². The van der Waals surface area contributed by atoms with E-state index in [-0.39, 0.29) is 30.3 Å². The summed E-state index contributed by atoms with van der Waals surface area (Å²) in [6, 6.07) is 25.5. The second kappa shape index (κ2) is 11.6. The van der Waals surface area contributed by atoms with E-state index < -0.39 is 0 Å². The monoisotopic (exact) mass is 539 g/mol. The van der Waals surface area contributed by atoms with E-state index in [0.29, 0.717) is 30.6 Å². The predicted molar refractivity (Wildman–Crippen MR) is 150 cm³/mol. The van der Waals surface area contributed by atoms with Gasteiger partial charge < -0.3 is 34.9 Å². The van der Waals surface area contributed by atoms with Crippen molar-refractivity contribution in [2.24, 2.45) is 0 Å². The molecule has 0 saturated carbocycles. The van der Waals surface area contributed by atoms with Crippen molar-refractivity contribution in [2.75, 3.05) is 31.0 Å². The number of carbonyl (C=O) groups is 1. The molecule has 40 heavy (non-hydrogen) atoms. The van der Waals surface area contributed by atoms with Gasteiger partial charge in [-0.25, -0.2) is 14.8 Å². The van der Waals surface area contributed by atoms with Gasteiger partial charge in [0.1, 0.15) is 29.5 Å². The third-order valence-corrected chi connectivity index (χ3v) is 6.81. The summed E-state index contributed by atoms with van der Waals surface area (Å²) >= 11 is 0. The third-order valence-electron chi connectivity index (χ3n) is 6.81. The van der Waals surface area contributed by atoms with Crippen molar-refractivity contribution >= 4 is 17.7 Å². The molecule has 1 aromatic heterocycles. The average Bonchev–Trinajstić information content (AvgIpc) is 3.58. The lowest BCUT2D eigenvalue weighted by Crippen LogP contribution is -2.46. The molecular weight excluding hydrogens is 510 g/mol. The van der Waals surface area contributed by atoms with Gasteiger partial charge in [-0.1, -0.05) is 30.3 Å². The number of para-hydroxylation sites is 2. The number of amides is 2. The fraction of sp³-hybridized carbons (Fsp3) is 0.233. The van der Waals surface area contributed by atoms with Crippen LogP contribution >= 0.6 is 0 Å². The van der Waals surface area contributed by atoms with Gasteiger partial charge >= 0.3 is 6.03 Å². The van der Waals surface area contributed by atoms with Crippen LogP contribution in [0.3, 0.4) is 0 Å². The van der Waals surface area contributed by atoms with Gasteiger partial charge in [0.15, 0.2) is 0 Å². The van der Waals surface area contributed by atoms with E-state index >= 15 is 0 Å². The largest absolute Gasteiger partial charge is 0.496 e. The highest BCUT2D eigenvalue weighted by molar-refractivity contribution is 5.89. The summed E-state index contributed by atoms with van der Waals surface area (Å²) in [5, 5.41) is 9.18. The number of rotatable bonds is 8. The fourth-order valence-electron chi connectivity index (χ4n) is 4.91. The first-order valence-electron chi connectivity index (χ1n) is 13.0. The van der Waals surface area contributed by atoms with Gasteiger partial charge in [-0.15, -0.1) is 0 Å². The van der Waals surface area contributed by atoms with Crippen molar-refractivity contribution in [1.29, 1.82) is 0 Å². The van der Waals surface area contributed by atoms with Crippen LogP contribution in [0.4, 0.5) is 16.4 Å². The van der Waals surface area contributed by atoms with Crippen molar-refractivity contribution in [3.63, 3.8) is 0 Å². The molecule has 2 aliphatic heterocycles.